The molecule has 6 nitrogen and oxygen atoms in total. The van der Waals surface area contributed by atoms with E-state index in [1.54, 1.807) is 37.3 Å². The van der Waals surface area contributed by atoms with Gasteiger partial charge in [-0.2, -0.15) is 0 Å². The molecule has 2 heterocycles. The maximum absolute atomic E-state index is 12.9. The van der Waals surface area contributed by atoms with Gasteiger partial charge in [0.1, 0.15) is 5.75 Å². The summed E-state index contributed by atoms with van der Waals surface area (Å²) in [6, 6.07) is 10.4. The minimum Gasteiger partial charge on any atom is -0.493 e. The highest BCUT2D eigenvalue weighted by molar-refractivity contribution is 6.30. The summed E-state index contributed by atoms with van der Waals surface area (Å²) in [5, 5.41) is 3.67. The molecule has 2 bridgehead atoms. The molecule has 7 heteroatoms. The lowest BCUT2D eigenvalue weighted by molar-refractivity contribution is 0.0378. The first kappa shape index (κ1) is 16.8. The van der Waals surface area contributed by atoms with Gasteiger partial charge >= 0.3 is 6.03 Å². The largest absolute Gasteiger partial charge is 0.493 e. The standard InChI is InChI=1S/C19H19ClN2O4/c1-19-10-14(13-8-11(20)4-6-15(13)26-19)21-18(23)22(19)12-5-7-16(24-2)17(9-12)25-3/h4-9,14H,10H2,1-3H3,(H,21,23). The van der Waals surface area contributed by atoms with Crippen LogP contribution < -0.4 is 24.4 Å². The van der Waals surface area contributed by atoms with Crippen molar-refractivity contribution in [1.29, 1.82) is 0 Å². The third-order valence-corrected chi connectivity index (χ3v) is 5.09. The summed E-state index contributed by atoms with van der Waals surface area (Å²) in [5.41, 5.74) is 0.738. The van der Waals surface area contributed by atoms with E-state index in [-0.39, 0.29) is 12.1 Å². The fourth-order valence-corrected chi connectivity index (χ4v) is 3.88. The Kier molecular flexibility index (Phi) is 3.88. The van der Waals surface area contributed by atoms with Gasteiger partial charge in [-0.25, -0.2) is 4.79 Å². The normalized spacial score (nSPS) is 23.6. The van der Waals surface area contributed by atoms with Crippen LogP contribution in [0.1, 0.15) is 24.9 Å². The number of hydrogen-bond acceptors (Lipinski definition) is 4. The van der Waals surface area contributed by atoms with Crippen LogP contribution in [-0.4, -0.2) is 26.0 Å². The van der Waals surface area contributed by atoms with Gasteiger partial charge in [0.2, 0.25) is 0 Å². The van der Waals surface area contributed by atoms with Crippen LogP contribution in [0.15, 0.2) is 36.4 Å². The molecule has 2 aliphatic rings. The summed E-state index contributed by atoms with van der Waals surface area (Å²) < 4.78 is 16.9. The molecular weight excluding hydrogens is 356 g/mol. The summed E-state index contributed by atoms with van der Waals surface area (Å²) in [6.45, 7) is 1.91. The smallest absolute Gasteiger partial charge is 0.325 e. The molecule has 2 amide bonds. The number of carbonyl (C=O) groups is 1. The molecule has 0 radical (unpaired) electrons. The first-order chi connectivity index (χ1) is 12.4. The zero-order valence-electron chi connectivity index (χ0n) is 14.7. The van der Waals surface area contributed by atoms with Crippen LogP contribution in [-0.2, 0) is 0 Å². The second-order valence-corrected chi connectivity index (χ2v) is 6.98. The number of amides is 2. The zero-order valence-corrected chi connectivity index (χ0v) is 15.5. The van der Waals surface area contributed by atoms with E-state index in [9.17, 15) is 4.79 Å². The molecule has 0 spiro atoms. The maximum Gasteiger partial charge on any atom is 0.325 e. The van der Waals surface area contributed by atoms with E-state index in [0.29, 0.717) is 28.6 Å². The van der Waals surface area contributed by atoms with Crippen molar-refractivity contribution >= 4 is 23.3 Å². The van der Waals surface area contributed by atoms with Crippen LogP contribution in [0.25, 0.3) is 0 Å². The number of halogens is 1. The molecule has 2 aromatic rings. The maximum atomic E-state index is 12.9. The number of carbonyl (C=O) groups excluding carboxylic acids is 1. The van der Waals surface area contributed by atoms with Gasteiger partial charge in [-0.1, -0.05) is 11.6 Å². The van der Waals surface area contributed by atoms with Crippen molar-refractivity contribution < 1.29 is 19.0 Å². The van der Waals surface area contributed by atoms with Crippen molar-refractivity contribution in [3.63, 3.8) is 0 Å². The molecule has 26 heavy (non-hydrogen) atoms. The lowest BCUT2D eigenvalue weighted by Gasteiger charge is -2.50. The minimum atomic E-state index is -0.826. The van der Waals surface area contributed by atoms with Crippen molar-refractivity contribution in [2.45, 2.75) is 25.1 Å². The Labute approximate surface area is 156 Å². The molecule has 136 valence electrons. The minimum absolute atomic E-state index is 0.147. The molecule has 2 atom stereocenters. The fraction of sp³-hybridized carbons (Fsp3) is 0.316. The number of ether oxygens (including phenoxy) is 3. The predicted molar refractivity (Wildman–Crippen MR) is 98.4 cm³/mol. The summed E-state index contributed by atoms with van der Waals surface area (Å²) in [5.74, 6) is 1.87. The van der Waals surface area contributed by atoms with Gasteiger partial charge in [0.25, 0.3) is 0 Å². The molecule has 1 N–H and O–H groups in total. The molecule has 0 aliphatic carbocycles. The Bertz CT molecular complexity index is 888. The highest BCUT2D eigenvalue weighted by Crippen LogP contribution is 2.47. The summed E-state index contributed by atoms with van der Waals surface area (Å²) in [7, 11) is 3.14. The lowest BCUT2D eigenvalue weighted by atomic mass is 9.90. The van der Waals surface area contributed by atoms with Crippen molar-refractivity contribution in [3.8, 4) is 17.2 Å². The second-order valence-electron chi connectivity index (χ2n) is 6.54. The molecule has 2 unspecified atom stereocenters. The van der Waals surface area contributed by atoms with E-state index in [1.807, 2.05) is 25.1 Å². The van der Waals surface area contributed by atoms with E-state index in [2.05, 4.69) is 5.32 Å². The number of nitrogens with zero attached hydrogens (tertiary/aromatic N) is 1. The van der Waals surface area contributed by atoms with Crippen LogP contribution in [0.5, 0.6) is 17.2 Å². The zero-order chi connectivity index (χ0) is 18.5. The molecular formula is C19H19ClN2O4. The Hall–Kier alpha value is -2.60. The van der Waals surface area contributed by atoms with Crippen molar-refractivity contribution in [1.82, 2.24) is 5.32 Å². The molecule has 4 rings (SSSR count). The van der Waals surface area contributed by atoms with Crippen LogP contribution in [0.4, 0.5) is 10.5 Å². The number of benzene rings is 2. The van der Waals surface area contributed by atoms with E-state index in [1.165, 1.54) is 0 Å². The molecule has 2 aromatic carbocycles. The van der Waals surface area contributed by atoms with Gasteiger partial charge < -0.3 is 19.5 Å². The summed E-state index contributed by atoms with van der Waals surface area (Å²) in [6.07, 6.45) is 0.598. The van der Waals surface area contributed by atoms with Gasteiger partial charge in [0, 0.05) is 23.1 Å². The molecule has 1 fully saturated rings. The number of rotatable bonds is 3. The summed E-state index contributed by atoms with van der Waals surface area (Å²) >= 11 is 6.11. The Morgan fingerprint density at radius 3 is 2.69 bits per heavy atom. The second kappa shape index (κ2) is 5.99. The first-order valence-electron chi connectivity index (χ1n) is 8.26. The predicted octanol–water partition coefficient (Wildman–Crippen LogP) is 4.13. The van der Waals surface area contributed by atoms with Crippen molar-refractivity contribution in [2.75, 3.05) is 19.1 Å². The van der Waals surface area contributed by atoms with E-state index >= 15 is 0 Å². The molecule has 1 saturated heterocycles. The average molecular weight is 375 g/mol. The number of anilines is 1. The SMILES string of the molecule is COc1ccc(N2C(=O)NC3CC2(C)Oc2ccc(Cl)cc23)cc1OC. The quantitative estimate of drug-likeness (QED) is 0.877. The Morgan fingerprint density at radius 1 is 1.19 bits per heavy atom. The number of fused-ring (bicyclic) bond motifs is 4. The summed E-state index contributed by atoms with van der Waals surface area (Å²) in [4.78, 5) is 14.5. The van der Waals surface area contributed by atoms with Gasteiger partial charge in [-0.15, -0.1) is 0 Å². The Balaban J connectivity index is 1.77. The number of methoxy groups -OCH3 is 2. The third kappa shape index (κ3) is 2.52. The van der Waals surface area contributed by atoms with E-state index in [4.69, 9.17) is 25.8 Å². The average Bonchev–Trinajstić information content (AvgIpc) is 2.61. The van der Waals surface area contributed by atoms with Crippen LogP contribution >= 0.6 is 11.6 Å². The van der Waals surface area contributed by atoms with Crippen LogP contribution in [0.3, 0.4) is 0 Å². The van der Waals surface area contributed by atoms with Crippen LogP contribution in [0.2, 0.25) is 5.02 Å². The molecule has 0 aromatic heterocycles. The fourth-order valence-electron chi connectivity index (χ4n) is 3.70. The van der Waals surface area contributed by atoms with Crippen molar-refractivity contribution in [3.05, 3.63) is 47.0 Å². The topological polar surface area (TPSA) is 60.0 Å². The van der Waals surface area contributed by atoms with E-state index < -0.39 is 5.72 Å². The van der Waals surface area contributed by atoms with E-state index in [0.717, 1.165) is 11.3 Å². The van der Waals surface area contributed by atoms with Gasteiger partial charge in [0.05, 0.1) is 25.9 Å². The van der Waals surface area contributed by atoms with Crippen molar-refractivity contribution in [2.24, 2.45) is 0 Å². The monoisotopic (exact) mass is 374 g/mol. The Morgan fingerprint density at radius 2 is 1.96 bits per heavy atom. The van der Waals surface area contributed by atoms with Gasteiger partial charge in [-0.05, 0) is 37.3 Å². The van der Waals surface area contributed by atoms with Gasteiger partial charge in [0.15, 0.2) is 17.2 Å². The number of urea groups is 1. The highest BCUT2D eigenvalue weighted by Gasteiger charge is 2.50. The first-order valence-corrected chi connectivity index (χ1v) is 8.64. The molecule has 2 aliphatic heterocycles. The number of nitrogens with one attached hydrogen (secondary N) is 1. The molecule has 0 saturated carbocycles. The number of hydrogen-bond donors (Lipinski definition) is 1. The third-order valence-electron chi connectivity index (χ3n) is 4.86. The highest BCUT2D eigenvalue weighted by atomic mass is 35.5. The van der Waals surface area contributed by atoms with Crippen LogP contribution in [0, 0.1) is 0 Å². The van der Waals surface area contributed by atoms with Gasteiger partial charge in [-0.3, -0.25) is 4.90 Å². The lowest BCUT2D eigenvalue weighted by Crippen LogP contribution is -2.65.